The zero-order valence-corrected chi connectivity index (χ0v) is 5.15. The molecule has 5 nitrogen and oxygen atoms in total. The molecule has 0 aromatic carbocycles. The first-order valence-electron chi connectivity index (χ1n) is 2.82. The predicted octanol–water partition coefficient (Wildman–Crippen LogP) is -0.319. The van der Waals surface area contributed by atoms with Crippen LogP contribution >= 0.6 is 0 Å². The SMILES string of the molecule is O=C(O)C1CN(C(=O)O)C1. The molecule has 0 bridgehead atoms. The Morgan fingerprint density at radius 2 is 1.80 bits per heavy atom. The van der Waals surface area contributed by atoms with Crippen molar-refractivity contribution in [3.05, 3.63) is 0 Å². The molecule has 0 aromatic rings. The van der Waals surface area contributed by atoms with Gasteiger partial charge in [0, 0.05) is 13.1 Å². The number of likely N-dealkylation sites (tertiary alicyclic amines) is 1. The molecule has 1 aliphatic heterocycles. The smallest absolute Gasteiger partial charge is 0.407 e. The van der Waals surface area contributed by atoms with Gasteiger partial charge >= 0.3 is 12.1 Å². The fourth-order valence-electron chi connectivity index (χ4n) is 0.791. The molecule has 0 saturated carbocycles. The Balaban J connectivity index is 2.31. The van der Waals surface area contributed by atoms with Crippen LogP contribution in [0.2, 0.25) is 0 Å². The number of carboxylic acids is 1. The first-order valence-corrected chi connectivity index (χ1v) is 2.82. The Kier molecular flexibility index (Phi) is 1.48. The van der Waals surface area contributed by atoms with Gasteiger partial charge in [-0.1, -0.05) is 0 Å². The predicted molar refractivity (Wildman–Crippen MR) is 30.7 cm³/mol. The van der Waals surface area contributed by atoms with Crippen LogP contribution < -0.4 is 0 Å². The van der Waals surface area contributed by atoms with Gasteiger partial charge < -0.3 is 15.1 Å². The van der Waals surface area contributed by atoms with Gasteiger partial charge in [-0.15, -0.1) is 0 Å². The van der Waals surface area contributed by atoms with Crippen LogP contribution in [0.25, 0.3) is 0 Å². The lowest BCUT2D eigenvalue weighted by Crippen LogP contribution is -2.52. The maximum absolute atomic E-state index is 10.1. The largest absolute Gasteiger partial charge is 0.481 e. The fourth-order valence-corrected chi connectivity index (χ4v) is 0.791. The zero-order chi connectivity index (χ0) is 7.72. The first-order chi connectivity index (χ1) is 4.61. The van der Waals surface area contributed by atoms with Crippen LogP contribution in [0.5, 0.6) is 0 Å². The normalized spacial score (nSPS) is 18.2. The maximum Gasteiger partial charge on any atom is 0.407 e. The Bertz CT molecular complexity index is 154. The van der Waals surface area contributed by atoms with Crippen molar-refractivity contribution in [2.75, 3.05) is 13.1 Å². The molecule has 0 spiro atoms. The lowest BCUT2D eigenvalue weighted by atomic mass is 10.0. The molecule has 1 saturated heterocycles. The Morgan fingerprint density at radius 1 is 1.30 bits per heavy atom. The standard InChI is InChI=1S/C5H7NO4/c7-4(8)3-1-6(2-3)5(9)10/h3H,1-2H2,(H,7,8)(H,9,10). The van der Waals surface area contributed by atoms with Crippen molar-refractivity contribution in [2.24, 2.45) is 5.92 Å². The third-order valence-electron chi connectivity index (χ3n) is 1.50. The Labute approximate surface area is 56.9 Å². The number of hydrogen-bond donors (Lipinski definition) is 2. The van der Waals surface area contributed by atoms with Gasteiger partial charge in [0.1, 0.15) is 0 Å². The molecule has 0 unspecified atom stereocenters. The third-order valence-corrected chi connectivity index (χ3v) is 1.50. The summed E-state index contributed by atoms with van der Waals surface area (Å²) in [4.78, 5) is 21.3. The Hall–Kier alpha value is -1.26. The number of aliphatic carboxylic acids is 1. The lowest BCUT2D eigenvalue weighted by molar-refractivity contribution is -0.146. The zero-order valence-electron chi connectivity index (χ0n) is 5.15. The van der Waals surface area contributed by atoms with Crippen molar-refractivity contribution in [3.63, 3.8) is 0 Å². The minimum atomic E-state index is -1.04. The van der Waals surface area contributed by atoms with E-state index in [0.717, 1.165) is 4.90 Å². The van der Waals surface area contributed by atoms with E-state index >= 15 is 0 Å². The summed E-state index contributed by atoms with van der Waals surface area (Å²) in [7, 11) is 0. The van der Waals surface area contributed by atoms with E-state index in [1.54, 1.807) is 0 Å². The summed E-state index contributed by atoms with van der Waals surface area (Å²) in [6.07, 6.45) is -1.04. The van der Waals surface area contributed by atoms with Crippen molar-refractivity contribution >= 4 is 12.1 Å². The fraction of sp³-hybridized carbons (Fsp3) is 0.600. The molecule has 0 aliphatic carbocycles. The molecule has 5 heteroatoms. The monoisotopic (exact) mass is 145 g/mol. The van der Waals surface area contributed by atoms with Crippen molar-refractivity contribution in [1.29, 1.82) is 0 Å². The third kappa shape index (κ3) is 1.02. The summed E-state index contributed by atoms with van der Waals surface area (Å²) in [5.74, 6) is -1.41. The van der Waals surface area contributed by atoms with Crippen molar-refractivity contribution < 1.29 is 19.8 Å². The molecule has 56 valence electrons. The number of rotatable bonds is 1. The van der Waals surface area contributed by atoms with Crippen LogP contribution in [0.3, 0.4) is 0 Å². The van der Waals surface area contributed by atoms with Gasteiger partial charge in [0.05, 0.1) is 5.92 Å². The molecule has 0 atom stereocenters. The van der Waals surface area contributed by atoms with E-state index in [-0.39, 0.29) is 13.1 Å². The molecule has 1 rings (SSSR count). The summed E-state index contributed by atoms with van der Waals surface area (Å²) in [6.45, 7) is 0.259. The van der Waals surface area contributed by atoms with Gasteiger partial charge in [-0.3, -0.25) is 4.79 Å². The summed E-state index contributed by atoms with van der Waals surface area (Å²) < 4.78 is 0. The van der Waals surface area contributed by atoms with Gasteiger partial charge in [0.2, 0.25) is 0 Å². The van der Waals surface area contributed by atoms with Gasteiger partial charge in [0.15, 0.2) is 0 Å². The summed E-state index contributed by atoms with van der Waals surface area (Å²) >= 11 is 0. The first kappa shape index (κ1) is 6.85. The molecule has 0 radical (unpaired) electrons. The second-order valence-electron chi connectivity index (χ2n) is 2.22. The number of nitrogens with zero attached hydrogens (tertiary/aromatic N) is 1. The topological polar surface area (TPSA) is 77.8 Å². The highest BCUT2D eigenvalue weighted by molar-refractivity contribution is 5.75. The number of amides is 1. The minimum Gasteiger partial charge on any atom is -0.481 e. The molecular weight excluding hydrogens is 138 g/mol. The van der Waals surface area contributed by atoms with Crippen molar-refractivity contribution in [2.45, 2.75) is 0 Å². The van der Waals surface area contributed by atoms with Crippen LogP contribution in [0.1, 0.15) is 0 Å². The van der Waals surface area contributed by atoms with Gasteiger partial charge in [0.25, 0.3) is 0 Å². The summed E-state index contributed by atoms with van der Waals surface area (Å²) in [5.41, 5.74) is 0. The average Bonchev–Trinajstić information content (AvgIpc) is 1.56. The molecule has 1 amide bonds. The number of carboxylic acid groups (broad SMARTS) is 2. The summed E-state index contributed by atoms with van der Waals surface area (Å²) in [5, 5.41) is 16.6. The van der Waals surface area contributed by atoms with Gasteiger partial charge in [-0.25, -0.2) is 4.79 Å². The molecule has 2 N–H and O–H groups in total. The van der Waals surface area contributed by atoms with E-state index in [1.165, 1.54) is 0 Å². The second-order valence-corrected chi connectivity index (χ2v) is 2.22. The van der Waals surface area contributed by atoms with E-state index in [0.29, 0.717) is 0 Å². The number of hydrogen-bond acceptors (Lipinski definition) is 2. The van der Waals surface area contributed by atoms with Crippen LogP contribution in [0, 0.1) is 5.92 Å². The van der Waals surface area contributed by atoms with E-state index in [4.69, 9.17) is 10.2 Å². The molecule has 1 fully saturated rings. The van der Waals surface area contributed by atoms with Gasteiger partial charge in [-0.2, -0.15) is 0 Å². The van der Waals surface area contributed by atoms with Crippen LogP contribution in [0.4, 0.5) is 4.79 Å². The highest BCUT2D eigenvalue weighted by Gasteiger charge is 2.35. The second kappa shape index (κ2) is 2.17. The molecule has 10 heavy (non-hydrogen) atoms. The molecule has 1 heterocycles. The van der Waals surface area contributed by atoms with Crippen molar-refractivity contribution in [3.8, 4) is 0 Å². The Morgan fingerprint density at radius 3 is 2.10 bits per heavy atom. The van der Waals surface area contributed by atoms with Crippen molar-refractivity contribution in [1.82, 2.24) is 4.90 Å². The quantitative estimate of drug-likeness (QED) is 0.530. The molecule has 0 aromatic heterocycles. The van der Waals surface area contributed by atoms with E-state index < -0.39 is 18.0 Å². The average molecular weight is 145 g/mol. The maximum atomic E-state index is 10.1. The summed E-state index contributed by atoms with van der Waals surface area (Å²) in [6, 6.07) is 0. The van der Waals surface area contributed by atoms with E-state index in [9.17, 15) is 9.59 Å². The number of carbonyl (C=O) groups is 2. The highest BCUT2D eigenvalue weighted by atomic mass is 16.4. The van der Waals surface area contributed by atoms with E-state index in [1.807, 2.05) is 0 Å². The highest BCUT2D eigenvalue weighted by Crippen LogP contribution is 2.14. The van der Waals surface area contributed by atoms with Gasteiger partial charge in [-0.05, 0) is 0 Å². The lowest BCUT2D eigenvalue weighted by Gasteiger charge is -2.33. The minimum absolute atomic E-state index is 0.130. The van der Waals surface area contributed by atoms with Crippen LogP contribution in [-0.4, -0.2) is 40.3 Å². The van der Waals surface area contributed by atoms with Crippen LogP contribution in [0.15, 0.2) is 0 Å². The van der Waals surface area contributed by atoms with E-state index in [2.05, 4.69) is 0 Å². The van der Waals surface area contributed by atoms with Crippen LogP contribution in [-0.2, 0) is 4.79 Å². The molecule has 1 aliphatic rings. The molecular formula is C5H7NO4.